The van der Waals surface area contributed by atoms with E-state index in [2.05, 4.69) is 6.07 Å². The van der Waals surface area contributed by atoms with Gasteiger partial charge in [-0.1, -0.05) is 0 Å². The zero-order valence-corrected chi connectivity index (χ0v) is 20.1. The second kappa shape index (κ2) is 8.29. The molecule has 2 aliphatic rings. The molecule has 1 aliphatic carbocycles. The Labute approximate surface area is 195 Å². The molecular formula is C25H33N5O3. The number of benzene rings is 1. The topological polar surface area (TPSA) is 106 Å². The average Bonchev–Trinajstić information content (AvgIpc) is 3.28. The highest BCUT2D eigenvalue weighted by Crippen LogP contribution is 2.54. The first-order chi connectivity index (χ1) is 15.5. The number of ether oxygens (including phenoxy) is 2. The van der Waals surface area contributed by atoms with E-state index < -0.39 is 5.60 Å². The lowest BCUT2D eigenvalue weighted by molar-refractivity contribution is 0.0188. The van der Waals surface area contributed by atoms with Crippen LogP contribution in [0.1, 0.15) is 65.5 Å². The van der Waals surface area contributed by atoms with Crippen molar-refractivity contribution in [2.24, 2.45) is 5.41 Å². The van der Waals surface area contributed by atoms with Crippen molar-refractivity contribution in [3.63, 3.8) is 0 Å². The lowest BCUT2D eigenvalue weighted by Crippen LogP contribution is -2.43. The summed E-state index contributed by atoms with van der Waals surface area (Å²) in [5.41, 5.74) is 7.76. The number of hydrogen-bond acceptors (Lipinski definition) is 6. The van der Waals surface area contributed by atoms with Crippen molar-refractivity contribution in [1.82, 2.24) is 14.7 Å². The van der Waals surface area contributed by atoms with E-state index in [0.29, 0.717) is 30.2 Å². The fourth-order valence-corrected chi connectivity index (χ4v) is 4.87. The second-order valence-electron chi connectivity index (χ2n) is 10.6. The SMILES string of the molecule is CC(C)Oc1ccc(-c2nn(C3CC4(CCN(C(=O)OC(C)(C)C)C4)C3)c(N)c2C#N)cc1. The van der Waals surface area contributed by atoms with Gasteiger partial charge in [0.2, 0.25) is 0 Å². The largest absolute Gasteiger partial charge is 0.491 e. The molecule has 1 spiro atoms. The number of rotatable bonds is 4. The third-order valence-electron chi connectivity index (χ3n) is 6.33. The fraction of sp³-hybridized carbons (Fsp3) is 0.560. The Hall–Kier alpha value is -3.21. The summed E-state index contributed by atoms with van der Waals surface area (Å²) >= 11 is 0. The van der Waals surface area contributed by atoms with E-state index in [-0.39, 0.29) is 23.7 Å². The number of aromatic nitrogens is 2. The minimum absolute atomic E-state index is 0.0722. The summed E-state index contributed by atoms with van der Waals surface area (Å²) in [5.74, 6) is 1.17. The molecule has 4 rings (SSSR count). The second-order valence-corrected chi connectivity index (χ2v) is 10.6. The lowest BCUT2D eigenvalue weighted by Gasteiger charge is -2.45. The first-order valence-electron chi connectivity index (χ1n) is 11.5. The average molecular weight is 452 g/mol. The van der Waals surface area contributed by atoms with E-state index in [4.69, 9.17) is 20.3 Å². The molecule has 176 valence electrons. The van der Waals surface area contributed by atoms with Gasteiger partial charge >= 0.3 is 6.09 Å². The van der Waals surface area contributed by atoms with E-state index in [0.717, 1.165) is 30.6 Å². The van der Waals surface area contributed by atoms with Crippen LogP contribution in [0.5, 0.6) is 5.75 Å². The molecule has 2 fully saturated rings. The molecule has 2 aromatic rings. The molecule has 0 atom stereocenters. The quantitative estimate of drug-likeness (QED) is 0.719. The van der Waals surface area contributed by atoms with Crippen LogP contribution in [0.25, 0.3) is 11.3 Å². The van der Waals surface area contributed by atoms with Crippen LogP contribution in [0.4, 0.5) is 10.6 Å². The van der Waals surface area contributed by atoms with Gasteiger partial charge in [0.1, 0.15) is 34.5 Å². The van der Waals surface area contributed by atoms with Crippen molar-refractivity contribution in [3.05, 3.63) is 29.8 Å². The maximum Gasteiger partial charge on any atom is 0.410 e. The molecule has 1 aromatic carbocycles. The predicted molar refractivity (Wildman–Crippen MR) is 126 cm³/mol. The van der Waals surface area contributed by atoms with Crippen LogP contribution in [0.2, 0.25) is 0 Å². The standard InChI is InChI=1S/C25H33N5O3/c1-16(2)32-19-8-6-17(7-9-19)21-20(14-26)22(27)30(28-21)18-12-25(13-18)10-11-29(15-25)23(31)33-24(3,4)5/h6-9,16,18H,10-13,15,27H2,1-5H3. The van der Waals surface area contributed by atoms with Crippen molar-refractivity contribution in [2.75, 3.05) is 18.8 Å². The molecule has 0 unspecified atom stereocenters. The minimum Gasteiger partial charge on any atom is -0.491 e. The van der Waals surface area contributed by atoms with Gasteiger partial charge in [-0.05, 0) is 83.6 Å². The molecule has 1 aromatic heterocycles. The normalized spacial score (nSPS) is 22.3. The van der Waals surface area contributed by atoms with Gasteiger partial charge in [0, 0.05) is 18.7 Å². The molecule has 8 heteroatoms. The van der Waals surface area contributed by atoms with Gasteiger partial charge in [0.15, 0.2) is 0 Å². The highest BCUT2D eigenvalue weighted by Gasteiger charge is 2.51. The number of nitrogen functional groups attached to an aromatic ring is 1. The lowest BCUT2D eigenvalue weighted by atomic mass is 9.65. The zero-order valence-electron chi connectivity index (χ0n) is 20.1. The van der Waals surface area contributed by atoms with E-state index in [1.807, 2.05) is 58.9 Å². The Morgan fingerprint density at radius 3 is 2.52 bits per heavy atom. The predicted octanol–water partition coefficient (Wildman–Crippen LogP) is 4.75. The van der Waals surface area contributed by atoms with Gasteiger partial charge < -0.3 is 20.1 Å². The number of anilines is 1. The van der Waals surface area contributed by atoms with Crippen LogP contribution in [0.15, 0.2) is 24.3 Å². The summed E-state index contributed by atoms with van der Waals surface area (Å²) in [7, 11) is 0. The van der Waals surface area contributed by atoms with Gasteiger partial charge in [0.05, 0.1) is 12.1 Å². The van der Waals surface area contributed by atoms with E-state index in [1.165, 1.54) is 0 Å². The number of carbonyl (C=O) groups excluding carboxylic acids is 1. The molecule has 2 N–H and O–H groups in total. The summed E-state index contributed by atoms with van der Waals surface area (Å²) < 4.78 is 13.0. The van der Waals surface area contributed by atoms with Crippen molar-refractivity contribution >= 4 is 11.9 Å². The van der Waals surface area contributed by atoms with Gasteiger partial charge in [-0.3, -0.25) is 0 Å². The molecule has 1 amide bonds. The first-order valence-corrected chi connectivity index (χ1v) is 11.5. The molecule has 1 aliphatic heterocycles. The van der Waals surface area contributed by atoms with Gasteiger partial charge in [-0.25, -0.2) is 9.48 Å². The minimum atomic E-state index is -0.498. The van der Waals surface area contributed by atoms with Crippen molar-refractivity contribution < 1.29 is 14.3 Å². The molecule has 1 saturated carbocycles. The Bertz CT molecular complexity index is 1070. The van der Waals surface area contributed by atoms with E-state index in [1.54, 1.807) is 9.58 Å². The van der Waals surface area contributed by atoms with Gasteiger partial charge in [-0.2, -0.15) is 10.4 Å². The monoisotopic (exact) mass is 451 g/mol. The number of amides is 1. The summed E-state index contributed by atoms with van der Waals surface area (Å²) in [6, 6.07) is 9.92. The van der Waals surface area contributed by atoms with E-state index >= 15 is 0 Å². The maximum absolute atomic E-state index is 12.4. The van der Waals surface area contributed by atoms with Crippen LogP contribution >= 0.6 is 0 Å². The third kappa shape index (κ3) is 4.63. The van der Waals surface area contributed by atoms with Gasteiger partial charge in [0.25, 0.3) is 0 Å². The van der Waals surface area contributed by atoms with Crippen LogP contribution in [0.3, 0.4) is 0 Å². The number of nitriles is 1. The van der Waals surface area contributed by atoms with Crippen molar-refractivity contribution in [3.8, 4) is 23.1 Å². The number of nitrogens with zero attached hydrogens (tertiary/aromatic N) is 4. The highest BCUT2D eigenvalue weighted by molar-refractivity contribution is 5.73. The summed E-state index contributed by atoms with van der Waals surface area (Å²) in [6.07, 6.45) is 2.54. The number of hydrogen-bond donors (Lipinski definition) is 1. The van der Waals surface area contributed by atoms with Crippen molar-refractivity contribution in [2.45, 2.75) is 71.6 Å². The van der Waals surface area contributed by atoms with Crippen molar-refractivity contribution in [1.29, 1.82) is 5.26 Å². The van der Waals surface area contributed by atoms with Crippen LogP contribution in [-0.2, 0) is 4.74 Å². The first kappa shape index (κ1) is 23.0. The smallest absolute Gasteiger partial charge is 0.410 e. The molecule has 8 nitrogen and oxygen atoms in total. The molecule has 33 heavy (non-hydrogen) atoms. The number of carbonyl (C=O) groups is 1. The Balaban J connectivity index is 1.47. The maximum atomic E-state index is 12.4. The zero-order chi connectivity index (χ0) is 24.0. The fourth-order valence-electron chi connectivity index (χ4n) is 4.87. The summed E-state index contributed by atoms with van der Waals surface area (Å²) in [4.78, 5) is 14.2. The number of likely N-dealkylation sites (tertiary alicyclic amines) is 1. The molecule has 0 bridgehead atoms. The van der Waals surface area contributed by atoms with Crippen LogP contribution in [-0.4, -0.2) is 45.6 Å². The third-order valence-corrected chi connectivity index (χ3v) is 6.33. The van der Waals surface area contributed by atoms with E-state index in [9.17, 15) is 10.1 Å². The Kier molecular flexibility index (Phi) is 5.77. The Morgan fingerprint density at radius 2 is 1.94 bits per heavy atom. The number of nitrogens with two attached hydrogens (primary N) is 1. The summed E-state index contributed by atoms with van der Waals surface area (Å²) in [6.45, 7) is 11.0. The summed E-state index contributed by atoms with van der Waals surface area (Å²) in [5, 5.41) is 14.5. The highest BCUT2D eigenvalue weighted by atomic mass is 16.6. The molecule has 0 radical (unpaired) electrons. The molecule has 1 saturated heterocycles. The van der Waals surface area contributed by atoms with Crippen LogP contribution < -0.4 is 10.5 Å². The molecule has 2 heterocycles. The Morgan fingerprint density at radius 1 is 1.27 bits per heavy atom. The van der Waals surface area contributed by atoms with Gasteiger partial charge in [-0.15, -0.1) is 0 Å². The molecular weight excluding hydrogens is 418 g/mol. The van der Waals surface area contributed by atoms with Crippen LogP contribution in [0, 0.1) is 16.7 Å².